The molecule has 30 heavy (non-hydrogen) atoms. The SMILES string of the molecule is CN=C(NCCC(C)c1cccc(C(F)(F)F)c1)NCc1ccnc(N(C)C)c1.I. The van der Waals surface area contributed by atoms with Crippen LogP contribution in [0.1, 0.15) is 36.0 Å². The molecule has 0 amide bonds. The Hall–Kier alpha value is -2.04. The molecule has 0 aliphatic heterocycles. The molecule has 1 unspecified atom stereocenters. The first kappa shape index (κ1) is 26.0. The highest BCUT2D eigenvalue weighted by Crippen LogP contribution is 2.31. The molecule has 1 atom stereocenters. The number of hydrogen-bond donors (Lipinski definition) is 2. The summed E-state index contributed by atoms with van der Waals surface area (Å²) in [5.41, 5.74) is 1.14. The van der Waals surface area contributed by atoms with Gasteiger partial charge in [-0.3, -0.25) is 4.99 Å². The van der Waals surface area contributed by atoms with Gasteiger partial charge in [-0.25, -0.2) is 4.98 Å². The van der Waals surface area contributed by atoms with E-state index in [2.05, 4.69) is 20.6 Å². The maximum atomic E-state index is 12.9. The van der Waals surface area contributed by atoms with E-state index in [9.17, 15) is 13.2 Å². The zero-order chi connectivity index (χ0) is 21.4. The molecule has 0 fully saturated rings. The van der Waals surface area contributed by atoms with Crippen LogP contribution in [0.5, 0.6) is 0 Å². The van der Waals surface area contributed by atoms with Crippen molar-refractivity contribution in [2.45, 2.75) is 32.0 Å². The smallest absolute Gasteiger partial charge is 0.363 e. The Bertz CT molecular complexity index is 824. The third-order valence-corrected chi connectivity index (χ3v) is 4.60. The van der Waals surface area contributed by atoms with E-state index in [1.807, 2.05) is 38.1 Å². The summed E-state index contributed by atoms with van der Waals surface area (Å²) >= 11 is 0. The molecular weight excluding hydrogens is 506 g/mol. The fourth-order valence-electron chi connectivity index (χ4n) is 2.82. The summed E-state index contributed by atoms with van der Waals surface area (Å²) in [6, 6.07) is 9.45. The van der Waals surface area contributed by atoms with Crippen molar-refractivity contribution < 1.29 is 13.2 Å². The van der Waals surface area contributed by atoms with Crippen LogP contribution in [0.2, 0.25) is 0 Å². The molecule has 5 nitrogen and oxygen atoms in total. The number of benzene rings is 1. The summed E-state index contributed by atoms with van der Waals surface area (Å²) in [4.78, 5) is 10.4. The summed E-state index contributed by atoms with van der Waals surface area (Å²) in [6.45, 7) is 3.11. The predicted molar refractivity (Wildman–Crippen MR) is 127 cm³/mol. The number of aromatic nitrogens is 1. The van der Waals surface area contributed by atoms with Crippen LogP contribution < -0.4 is 15.5 Å². The van der Waals surface area contributed by atoms with E-state index in [1.54, 1.807) is 19.3 Å². The number of rotatable bonds is 7. The number of aliphatic imine (C=N–C) groups is 1. The van der Waals surface area contributed by atoms with Gasteiger partial charge in [-0.2, -0.15) is 13.2 Å². The van der Waals surface area contributed by atoms with Crippen molar-refractivity contribution in [3.63, 3.8) is 0 Å². The molecule has 2 aromatic rings. The minimum Gasteiger partial charge on any atom is -0.363 e. The van der Waals surface area contributed by atoms with E-state index in [0.717, 1.165) is 17.4 Å². The van der Waals surface area contributed by atoms with Gasteiger partial charge in [-0.05, 0) is 41.7 Å². The predicted octanol–water partition coefficient (Wildman–Crippen LogP) is 4.64. The average molecular weight is 535 g/mol. The van der Waals surface area contributed by atoms with Crippen LogP contribution in [0.3, 0.4) is 0 Å². The van der Waals surface area contributed by atoms with Gasteiger partial charge in [0.15, 0.2) is 5.96 Å². The Labute approximate surface area is 193 Å². The van der Waals surface area contributed by atoms with Gasteiger partial charge in [0.05, 0.1) is 5.56 Å². The summed E-state index contributed by atoms with van der Waals surface area (Å²) < 4.78 is 38.7. The highest BCUT2D eigenvalue weighted by atomic mass is 127. The highest BCUT2D eigenvalue weighted by molar-refractivity contribution is 14.0. The molecule has 0 aliphatic rings. The molecule has 0 spiro atoms. The fraction of sp³-hybridized carbons (Fsp3) is 0.429. The number of halogens is 4. The maximum absolute atomic E-state index is 12.9. The Balaban J connectivity index is 0.00000450. The third-order valence-electron chi connectivity index (χ3n) is 4.60. The van der Waals surface area contributed by atoms with E-state index in [4.69, 9.17) is 0 Å². The number of anilines is 1. The Morgan fingerprint density at radius 3 is 2.53 bits per heavy atom. The van der Waals surface area contributed by atoms with Gasteiger partial charge in [-0.15, -0.1) is 24.0 Å². The van der Waals surface area contributed by atoms with E-state index in [1.165, 1.54) is 12.1 Å². The lowest BCUT2D eigenvalue weighted by atomic mass is 9.96. The fourth-order valence-corrected chi connectivity index (χ4v) is 2.82. The molecule has 0 bridgehead atoms. The van der Waals surface area contributed by atoms with E-state index < -0.39 is 11.7 Å². The van der Waals surface area contributed by atoms with E-state index in [0.29, 0.717) is 31.0 Å². The van der Waals surface area contributed by atoms with Gasteiger partial charge in [0.1, 0.15) is 5.82 Å². The molecule has 9 heteroatoms. The number of guanidine groups is 1. The van der Waals surface area contributed by atoms with E-state index in [-0.39, 0.29) is 29.9 Å². The van der Waals surface area contributed by atoms with Gasteiger partial charge >= 0.3 is 6.18 Å². The lowest BCUT2D eigenvalue weighted by molar-refractivity contribution is -0.137. The van der Waals surface area contributed by atoms with Crippen LogP contribution in [0, 0.1) is 0 Å². The van der Waals surface area contributed by atoms with Gasteiger partial charge < -0.3 is 15.5 Å². The van der Waals surface area contributed by atoms with E-state index >= 15 is 0 Å². The molecule has 0 aliphatic carbocycles. The van der Waals surface area contributed by atoms with Crippen LogP contribution in [0.4, 0.5) is 19.0 Å². The molecule has 0 saturated heterocycles. The molecular formula is C21H29F3IN5. The second-order valence-corrected chi connectivity index (χ2v) is 7.08. The first-order valence-electron chi connectivity index (χ1n) is 9.44. The van der Waals surface area contributed by atoms with Crippen molar-refractivity contribution >= 4 is 35.8 Å². The van der Waals surface area contributed by atoms with Crippen LogP contribution in [-0.4, -0.2) is 38.6 Å². The Morgan fingerprint density at radius 1 is 1.17 bits per heavy atom. The minimum atomic E-state index is -4.32. The van der Waals surface area contributed by atoms with Crippen molar-refractivity contribution in [3.05, 3.63) is 59.3 Å². The second-order valence-electron chi connectivity index (χ2n) is 7.08. The largest absolute Gasteiger partial charge is 0.416 e. The highest BCUT2D eigenvalue weighted by Gasteiger charge is 2.30. The van der Waals surface area contributed by atoms with Crippen molar-refractivity contribution in [3.8, 4) is 0 Å². The molecule has 1 aromatic heterocycles. The first-order chi connectivity index (χ1) is 13.7. The lowest BCUT2D eigenvalue weighted by Crippen LogP contribution is -2.37. The number of hydrogen-bond acceptors (Lipinski definition) is 3. The summed E-state index contributed by atoms with van der Waals surface area (Å²) in [6.07, 6.45) is -1.87. The van der Waals surface area contributed by atoms with Crippen LogP contribution in [0.25, 0.3) is 0 Å². The molecule has 0 radical (unpaired) electrons. The van der Waals surface area contributed by atoms with Crippen molar-refractivity contribution in [1.29, 1.82) is 0 Å². The molecule has 2 N–H and O–H groups in total. The molecule has 1 aromatic carbocycles. The Kier molecular flexibility index (Phi) is 10.4. The third kappa shape index (κ3) is 8.00. The van der Waals surface area contributed by atoms with Crippen molar-refractivity contribution in [1.82, 2.24) is 15.6 Å². The van der Waals surface area contributed by atoms with Crippen molar-refractivity contribution in [2.75, 3.05) is 32.6 Å². The second kappa shape index (κ2) is 12.0. The monoisotopic (exact) mass is 535 g/mol. The van der Waals surface area contributed by atoms with Crippen LogP contribution in [0.15, 0.2) is 47.6 Å². The van der Waals surface area contributed by atoms with Crippen molar-refractivity contribution in [2.24, 2.45) is 4.99 Å². The number of nitrogens with one attached hydrogen (secondary N) is 2. The quantitative estimate of drug-likeness (QED) is 0.308. The zero-order valence-corrected chi connectivity index (χ0v) is 20.0. The molecule has 1 heterocycles. The van der Waals surface area contributed by atoms with Gasteiger partial charge in [-0.1, -0.05) is 25.1 Å². The Morgan fingerprint density at radius 2 is 1.90 bits per heavy atom. The van der Waals surface area contributed by atoms with Gasteiger partial charge in [0.25, 0.3) is 0 Å². The molecule has 2 rings (SSSR count). The lowest BCUT2D eigenvalue weighted by Gasteiger charge is -2.17. The summed E-state index contributed by atoms with van der Waals surface area (Å²) in [5, 5.41) is 6.45. The van der Waals surface area contributed by atoms with Gasteiger partial charge in [0.2, 0.25) is 0 Å². The maximum Gasteiger partial charge on any atom is 0.416 e. The average Bonchev–Trinajstić information content (AvgIpc) is 2.70. The molecule has 0 saturated carbocycles. The summed E-state index contributed by atoms with van der Waals surface area (Å²) in [5.74, 6) is 1.51. The van der Waals surface area contributed by atoms with Gasteiger partial charge in [0, 0.05) is 40.4 Å². The minimum absolute atomic E-state index is 0. The summed E-state index contributed by atoms with van der Waals surface area (Å²) in [7, 11) is 5.56. The normalized spacial score (nSPS) is 12.7. The topological polar surface area (TPSA) is 52.6 Å². The van der Waals surface area contributed by atoms with Crippen LogP contribution in [-0.2, 0) is 12.7 Å². The standard InChI is InChI=1S/C21H28F3N5.HI/c1-15(17-6-5-7-18(13-17)21(22,23)24)8-10-27-20(25-2)28-14-16-9-11-26-19(12-16)29(3)4;/h5-7,9,11-13,15H,8,10,14H2,1-4H3,(H2,25,27,28);1H. The first-order valence-corrected chi connectivity index (χ1v) is 9.44. The molecule has 166 valence electrons. The number of alkyl halides is 3. The zero-order valence-electron chi connectivity index (χ0n) is 17.6. The van der Waals surface area contributed by atoms with Crippen LogP contribution >= 0.6 is 24.0 Å². The number of pyridine rings is 1. The number of nitrogens with zero attached hydrogens (tertiary/aromatic N) is 3.